The number of hydrogen-bond donors (Lipinski definition) is 2. The molecule has 2 unspecified atom stereocenters. The van der Waals surface area contributed by atoms with Crippen molar-refractivity contribution in [2.24, 2.45) is 23.0 Å². The summed E-state index contributed by atoms with van der Waals surface area (Å²) in [6.07, 6.45) is 6.65. The zero-order valence-corrected chi connectivity index (χ0v) is 17.8. The Morgan fingerprint density at radius 3 is 2.23 bits per heavy atom. The average Bonchev–Trinajstić information content (AvgIpc) is 2.67. The van der Waals surface area contributed by atoms with Crippen LogP contribution >= 0.6 is 0 Å². The zero-order valence-electron chi connectivity index (χ0n) is 17.8. The molecule has 0 heterocycles. The van der Waals surface area contributed by atoms with Crippen molar-refractivity contribution in [3.8, 4) is 0 Å². The number of amides is 2. The van der Waals surface area contributed by atoms with Crippen molar-refractivity contribution < 1.29 is 9.59 Å². The van der Waals surface area contributed by atoms with Gasteiger partial charge in [-0.05, 0) is 98.9 Å². The van der Waals surface area contributed by atoms with Crippen LogP contribution in [-0.2, 0) is 10.2 Å². The molecule has 4 bridgehead atoms. The van der Waals surface area contributed by atoms with Gasteiger partial charge in [-0.3, -0.25) is 9.59 Å². The Labute approximate surface area is 178 Å². The predicted molar refractivity (Wildman–Crippen MR) is 118 cm³/mol. The third-order valence-corrected chi connectivity index (χ3v) is 7.96. The molecule has 0 aliphatic heterocycles. The predicted octanol–water partition coefficient (Wildman–Crippen LogP) is 4.88. The van der Waals surface area contributed by atoms with Gasteiger partial charge in [0.15, 0.2) is 0 Å². The van der Waals surface area contributed by atoms with Gasteiger partial charge < -0.3 is 11.1 Å². The first-order valence-electron chi connectivity index (χ1n) is 11.1. The van der Waals surface area contributed by atoms with Gasteiger partial charge in [0.05, 0.1) is 5.41 Å². The SMILES string of the molecule is Cc1ccc(C23CC4CC(CC(C(=O)Nc5ccc(C(N)=O)c(C)c5)(C4)C2)C3)cc1. The van der Waals surface area contributed by atoms with Crippen molar-refractivity contribution in [2.45, 2.75) is 57.8 Å². The Hall–Kier alpha value is -2.62. The summed E-state index contributed by atoms with van der Waals surface area (Å²) in [5.74, 6) is 0.986. The van der Waals surface area contributed by atoms with Crippen molar-refractivity contribution in [2.75, 3.05) is 5.32 Å². The maximum absolute atomic E-state index is 13.6. The summed E-state index contributed by atoms with van der Waals surface area (Å²) in [7, 11) is 0. The summed E-state index contributed by atoms with van der Waals surface area (Å²) in [5.41, 5.74) is 10.0. The van der Waals surface area contributed by atoms with Gasteiger partial charge in [0.1, 0.15) is 0 Å². The van der Waals surface area contributed by atoms with Gasteiger partial charge in [0.25, 0.3) is 0 Å². The van der Waals surface area contributed by atoms with Crippen molar-refractivity contribution in [1.82, 2.24) is 0 Å². The lowest BCUT2D eigenvalue weighted by molar-refractivity contribution is -0.143. The van der Waals surface area contributed by atoms with E-state index >= 15 is 0 Å². The second-order valence-corrected chi connectivity index (χ2v) is 10.2. The van der Waals surface area contributed by atoms with E-state index in [1.165, 1.54) is 30.4 Å². The minimum Gasteiger partial charge on any atom is -0.366 e. The molecule has 3 N–H and O–H groups in total. The molecule has 4 heteroatoms. The van der Waals surface area contributed by atoms with E-state index in [1.807, 2.05) is 13.0 Å². The largest absolute Gasteiger partial charge is 0.366 e. The topological polar surface area (TPSA) is 72.2 Å². The molecule has 4 nitrogen and oxygen atoms in total. The van der Waals surface area contributed by atoms with E-state index in [0.717, 1.165) is 30.5 Å². The van der Waals surface area contributed by atoms with E-state index in [1.54, 1.807) is 12.1 Å². The summed E-state index contributed by atoms with van der Waals surface area (Å²) < 4.78 is 0. The summed E-state index contributed by atoms with van der Waals surface area (Å²) in [6.45, 7) is 3.98. The molecule has 6 rings (SSSR count). The van der Waals surface area contributed by atoms with Crippen LogP contribution in [0.25, 0.3) is 0 Å². The number of anilines is 1. The van der Waals surface area contributed by atoms with E-state index in [4.69, 9.17) is 5.73 Å². The Bertz CT molecular complexity index is 1010. The van der Waals surface area contributed by atoms with Crippen molar-refractivity contribution in [1.29, 1.82) is 0 Å². The zero-order chi connectivity index (χ0) is 21.1. The van der Waals surface area contributed by atoms with Crippen molar-refractivity contribution in [3.05, 3.63) is 64.7 Å². The highest BCUT2D eigenvalue weighted by molar-refractivity contribution is 5.98. The number of nitrogens with two attached hydrogens (primary N) is 1. The van der Waals surface area contributed by atoms with Crippen LogP contribution in [0.1, 0.15) is 65.6 Å². The molecule has 2 aromatic carbocycles. The molecule has 2 atom stereocenters. The number of nitrogens with one attached hydrogen (secondary N) is 1. The van der Waals surface area contributed by atoms with Crippen molar-refractivity contribution >= 4 is 17.5 Å². The molecular weight excluding hydrogens is 372 g/mol. The molecule has 4 aliphatic rings. The normalized spacial score (nSPS) is 31.5. The van der Waals surface area contributed by atoms with E-state index in [-0.39, 0.29) is 16.7 Å². The monoisotopic (exact) mass is 402 g/mol. The first-order valence-corrected chi connectivity index (χ1v) is 11.1. The summed E-state index contributed by atoms with van der Waals surface area (Å²) in [4.78, 5) is 25.1. The van der Waals surface area contributed by atoms with Gasteiger partial charge in [-0.25, -0.2) is 0 Å². The van der Waals surface area contributed by atoms with E-state index in [0.29, 0.717) is 17.4 Å². The van der Waals surface area contributed by atoms with E-state index < -0.39 is 5.91 Å². The van der Waals surface area contributed by atoms with Crippen LogP contribution in [0, 0.1) is 31.1 Å². The van der Waals surface area contributed by atoms with Crippen LogP contribution in [0.2, 0.25) is 0 Å². The smallest absolute Gasteiger partial charge is 0.248 e. The number of hydrogen-bond acceptors (Lipinski definition) is 2. The number of benzene rings is 2. The maximum atomic E-state index is 13.6. The highest BCUT2D eigenvalue weighted by Gasteiger charge is 2.60. The number of rotatable bonds is 4. The summed E-state index contributed by atoms with van der Waals surface area (Å²) in [6, 6.07) is 14.4. The Morgan fingerprint density at radius 1 is 0.967 bits per heavy atom. The third kappa shape index (κ3) is 3.05. The fourth-order valence-corrected chi connectivity index (χ4v) is 7.05. The minimum absolute atomic E-state index is 0.140. The van der Waals surface area contributed by atoms with Gasteiger partial charge in [-0.2, -0.15) is 0 Å². The van der Waals surface area contributed by atoms with Crippen LogP contribution in [0.4, 0.5) is 5.69 Å². The second-order valence-electron chi connectivity index (χ2n) is 10.2. The van der Waals surface area contributed by atoms with Gasteiger partial charge in [0.2, 0.25) is 11.8 Å². The quantitative estimate of drug-likeness (QED) is 0.765. The Morgan fingerprint density at radius 2 is 1.63 bits per heavy atom. The summed E-state index contributed by atoms with van der Waals surface area (Å²) in [5, 5.41) is 3.19. The third-order valence-electron chi connectivity index (χ3n) is 7.96. The molecule has 4 aliphatic carbocycles. The molecule has 0 spiro atoms. The first-order chi connectivity index (χ1) is 14.3. The maximum Gasteiger partial charge on any atom is 0.248 e. The Kier molecular flexibility index (Phi) is 4.32. The van der Waals surface area contributed by atoms with Crippen molar-refractivity contribution in [3.63, 3.8) is 0 Å². The van der Waals surface area contributed by atoms with Crippen LogP contribution in [0.15, 0.2) is 42.5 Å². The van der Waals surface area contributed by atoms with E-state index in [2.05, 4.69) is 36.5 Å². The van der Waals surface area contributed by atoms with Gasteiger partial charge >= 0.3 is 0 Å². The lowest BCUT2D eigenvalue weighted by Gasteiger charge is -2.61. The van der Waals surface area contributed by atoms with Crippen LogP contribution in [0.5, 0.6) is 0 Å². The van der Waals surface area contributed by atoms with Gasteiger partial charge in [-0.1, -0.05) is 29.8 Å². The molecule has 30 heavy (non-hydrogen) atoms. The molecule has 2 aromatic rings. The second kappa shape index (κ2) is 6.69. The molecule has 4 fully saturated rings. The molecular formula is C26H30N2O2. The minimum atomic E-state index is -0.438. The summed E-state index contributed by atoms with van der Waals surface area (Å²) >= 11 is 0. The first kappa shape index (κ1) is 19.3. The van der Waals surface area contributed by atoms with E-state index in [9.17, 15) is 9.59 Å². The van der Waals surface area contributed by atoms with Crippen LogP contribution in [-0.4, -0.2) is 11.8 Å². The highest BCUT2D eigenvalue weighted by Crippen LogP contribution is 2.66. The average molecular weight is 403 g/mol. The Balaban J connectivity index is 1.44. The van der Waals surface area contributed by atoms with Crippen LogP contribution < -0.4 is 11.1 Å². The standard InChI is InChI=1S/C26H30N2O2/c1-16-3-5-20(6-4-16)25-11-18-10-19(12-25)14-26(13-18,15-25)24(30)28-21-7-8-22(23(27)29)17(2)9-21/h3-9,18-19H,10-15H2,1-2H3,(H2,27,29)(H,28,30). The molecule has 0 saturated heterocycles. The number of carbonyl (C=O) groups excluding carboxylic acids is 2. The lowest BCUT2D eigenvalue weighted by atomic mass is 9.42. The van der Waals surface area contributed by atoms with Gasteiger partial charge in [-0.15, -0.1) is 0 Å². The molecule has 2 amide bonds. The molecule has 4 saturated carbocycles. The van der Waals surface area contributed by atoms with Gasteiger partial charge in [0, 0.05) is 11.3 Å². The molecule has 0 radical (unpaired) electrons. The molecule has 0 aromatic heterocycles. The number of primary amides is 1. The number of aryl methyl sites for hydroxylation is 2. The fourth-order valence-electron chi connectivity index (χ4n) is 7.05. The van der Waals surface area contributed by atoms with Crippen LogP contribution in [0.3, 0.4) is 0 Å². The number of carbonyl (C=O) groups is 2. The molecule has 156 valence electrons. The highest BCUT2D eigenvalue weighted by atomic mass is 16.2. The lowest BCUT2D eigenvalue weighted by Crippen LogP contribution is -2.57. The fraction of sp³-hybridized carbons (Fsp3) is 0.462.